The molecule has 4 unspecified atom stereocenters. The SMILES string of the molecule is CCCCCCCCCCCCCCCCCCCCCC(=O)O[C@H](COC(=O)CCCCCCCCCCCCCCCCCC(C)C)COP(=O)(O)OC[C@@H](O)COP(=O)(O)OC[C@@H](COC(=O)CCCCCCCCC(C)CC)OC(=O)CCCCCCCCC(C)CC. The molecule has 19 heteroatoms. The van der Waals surface area contributed by atoms with Gasteiger partial charge in [-0.15, -0.1) is 0 Å². The van der Waals surface area contributed by atoms with Crippen molar-refractivity contribution in [3.8, 4) is 0 Å². The Morgan fingerprint density at radius 1 is 0.299 bits per heavy atom. The van der Waals surface area contributed by atoms with Crippen molar-refractivity contribution in [2.45, 2.75) is 420 Å². The molecule has 0 rings (SSSR count). The van der Waals surface area contributed by atoms with Gasteiger partial charge in [-0.25, -0.2) is 9.13 Å². The number of ether oxygens (including phenoxy) is 4. The number of aliphatic hydroxyl groups is 1. The summed E-state index contributed by atoms with van der Waals surface area (Å²) in [4.78, 5) is 72.8. The maximum atomic E-state index is 13.1. The van der Waals surface area contributed by atoms with E-state index in [0.29, 0.717) is 25.7 Å². The zero-order valence-corrected chi connectivity index (χ0v) is 65.3. The Hall–Kier alpha value is -1.94. The van der Waals surface area contributed by atoms with E-state index < -0.39 is 97.5 Å². The van der Waals surface area contributed by atoms with Crippen LogP contribution in [0.3, 0.4) is 0 Å². The van der Waals surface area contributed by atoms with Gasteiger partial charge in [-0.3, -0.25) is 37.3 Å². The third-order valence-electron chi connectivity index (χ3n) is 18.9. The zero-order valence-electron chi connectivity index (χ0n) is 63.5. The van der Waals surface area contributed by atoms with Gasteiger partial charge in [0.25, 0.3) is 0 Å². The van der Waals surface area contributed by atoms with Crippen LogP contribution in [0.2, 0.25) is 0 Å². The number of phosphoric acid groups is 2. The molecule has 0 aliphatic carbocycles. The topological polar surface area (TPSA) is 237 Å². The Morgan fingerprint density at radius 2 is 0.526 bits per heavy atom. The van der Waals surface area contributed by atoms with Crippen molar-refractivity contribution < 1.29 is 80.2 Å². The molecule has 0 aliphatic heterocycles. The molecule has 0 aromatic rings. The molecule has 0 aromatic carbocycles. The Labute approximate surface area is 594 Å². The number of carbonyl (C=O) groups is 4. The summed E-state index contributed by atoms with van der Waals surface area (Å²) in [5.74, 6) is 0.137. The molecule has 0 aliphatic rings. The summed E-state index contributed by atoms with van der Waals surface area (Å²) in [5.41, 5.74) is 0. The van der Waals surface area contributed by atoms with Gasteiger partial charge in [0.15, 0.2) is 12.2 Å². The molecule has 17 nitrogen and oxygen atoms in total. The lowest BCUT2D eigenvalue weighted by atomic mass is 10.00. The van der Waals surface area contributed by atoms with Crippen LogP contribution < -0.4 is 0 Å². The van der Waals surface area contributed by atoms with Crippen molar-refractivity contribution >= 4 is 39.5 Å². The second kappa shape index (κ2) is 68.5. The third-order valence-corrected chi connectivity index (χ3v) is 20.8. The Balaban J connectivity index is 5.22. The monoisotopic (exact) mass is 1420 g/mol. The summed E-state index contributed by atoms with van der Waals surface area (Å²) in [7, 11) is -9.91. The van der Waals surface area contributed by atoms with Crippen molar-refractivity contribution in [1.29, 1.82) is 0 Å². The molecular weight excluding hydrogens is 1270 g/mol. The summed E-state index contributed by atoms with van der Waals surface area (Å²) in [6, 6.07) is 0. The summed E-state index contributed by atoms with van der Waals surface area (Å²) in [6.07, 6.45) is 55.7. The van der Waals surface area contributed by atoms with Gasteiger partial charge in [-0.1, -0.05) is 350 Å². The van der Waals surface area contributed by atoms with Gasteiger partial charge in [0.2, 0.25) is 0 Å². The highest BCUT2D eigenvalue weighted by Crippen LogP contribution is 2.45. The molecular formula is C78H152O17P2. The van der Waals surface area contributed by atoms with E-state index in [4.69, 9.17) is 37.0 Å². The van der Waals surface area contributed by atoms with Gasteiger partial charge in [0.1, 0.15) is 19.3 Å². The van der Waals surface area contributed by atoms with Crippen LogP contribution in [0.25, 0.3) is 0 Å². The Morgan fingerprint density at radius 3 is 0.784 bits per heavy atom. The van der Waals surface area contributed by atoms with Crippen molar-refractivity contribution in [1.82, 2.24) is 0 Å². The smallest absolute Gasteiger partial charge is 0.462 e. The van der Waals surface area contributed by atoms with Gasteiger partial charge in [0.05, 0.1) is 26.4 Å². The number of aliphatic hydroxyl groups excluding tert-OH is 1. The number of rotatable bonds is 76. The summed E-state index contributed by atoms with van der Waals surface area (Å²) in [5, 5.41) is 10.6. The van der Waals surface area contributed by atoms with E-state index >= 15 is 0 Å². The fraction of sp³-hybridized carbons (Fsp3) is 0.949. The number of carbonyl (C=O) groups excluding carboxylic acids is 4. The first-order chi connectivity index (χ1) is 46.8. The highest BCUT2D eigenvalue weighted by Gasteiger charge is 2.30. The van der Waals surface area contributed by atoms with E-state index in [9.17, 15) is 43.2 Å². The van der Waals surface area contributed by atoms with Crippen molar-refractivity contribution in [2.75, 3.05) is 39.6 Å². The first-order valence-electron chi connectivity index (χ1n) is 40.4. The van der Waals surface area contributed by atoms with Gasteiger partial charge in [0, 0.05) is 25.7 Å². The van der Waals surface area contributed by atoms with Gasteiger partial charge in [-0.2, -0.15) is 0 Å². The van der Waals surface area contributed by atoms with Crippen molar-refractivity contribution in [3.63, 3.8) is 0 Å². The number of esters is 4. The van der Waals surface area contributed by atoms with Gasteiger partial charge >= 0.3 is 39.5 Å². The van der Waals surface area contributed by atoms with Crippen molar-refractivity contribution in [3.05, 3.63) is 0 Å². The van der Waals surface area contributed by atoms with E-state index in [2.05, 4.69) is 48.5 Å². The van der Waals surface area contributed by atoms with E-state index in [1.165, 1.54) is 205 Å². The fourth-order valence-corrected chi connectivity index (χ4v) is 13.5. The molecule has 0 saturated heterocycles. The summed E-state index contributed by atoms with van der Waals surface area (Å²) >= 11 is 0. The van der Waals surface area contributed by atoms with Crippen LogP contribution >= 0.6 is 15.6 Å². The average Bonchev–Trinajstić information content (AvgIpc) is 1.24. The van der Waals surface area contributed by atoms with E-state index in [-0.39, 0.29) is 25.7 Å². The van der Waals surface area contributed by atoms with Crippen LogP contribution in [-0.4, -0.2) is 96.7 Å². The van der Waals surface area contributed by atoms with E-state index in [0.717, 1.165) is 114 Å². The summed E-state index contributed by atoms with van der Waals surface area (Å²) in [6.45, 7) is 11.8. The van der Waals surface area contributed by atoms with Crippen LogP contribution in [0, 0.1) is 17.8 Å². The Bertz CT molecular complexity index is 1890. The predicted molar refractivity (Wildman–Crippen MR) is 395 cm³/mol. The minimum atomic E-state index is -4.96. The van der Waals surface area contributed by atoms with Crippen LogP contribution in [0.5, 0.6) is 0 Å². The average molecular weight is 1420 g/mol. The second-order valence-electron chi connectivity index (χ2n) is 29.1. The molecule has 0 bridgehead atoms. The zero-order chi connectivity index (χ0) is 71.6. The molecule has 0 heterocycles. The van der Waals surface area contributed by atoms with Crippen molar-refractivity contribution in [2.24, 2.45) is 17.8 Å². The molecule has 0 spiro atoms. The minimum absolute atomic E-state index is 0.102. The quantitative estimate of drug-likeness (QED) is 0.0222. The lowest BCUT2D eigenvalue weighted by molar-refractivity contribution is -0.161. The molecule has 576 valence electrons. The largest absolute Gasteiger partial charge is 0.472 e. The van der Waals surface area contributed by atoms with Gasteiger partial charge in [-0.05, 0) is 43.4 Å². The lowest BCUT2D eigenvalue weighted by Gasteiger charge is -2.21. The maximum absolute atomic E-state index is 13.1. The Kier molecular flexibility index (Phi) is 67.1. The molecule has 0 aromatic heterocycles. The molecule has 0 fully saturated rings. The molecule has 0 radical (unpaired) electrons. The molecule has 0 saturated carbocycles. The van der Waals surface area contributed by atoms with Crippen LogP contribution in [0.1, 0.15) is 402 Å². The lowest BCUT2D eigenvalue weighted by Crippen LogP contribution is -2.30. The molecule has 3 N–H and O–H groups in total. The third kappa shape index (κ3) is 69.5. The number of hydrogen-bond acceptors (Lipinski definition) is 15. The fourth-order valence-electron chi connectivity index (χ4n) is 11.9. The molecule has 7 atom stereocenters. The van der Waals surface area contributed by atoms with Crippen LogP contribution in [0.15, 0.2) is 0 Å². The van der Waals surface area contributed by atoms with Gasteiger partial charge < -0.3 is 33.8 Å². The number of phosphoric ester groups is 2. The van der Waals surface area contributed by atoms with E-state index in [1.54, 1.807) is 0 Å². The summed E-state index contributed by atoms with van der Waals surface area (Å²) < 4.78 is 68.5. The normalized spacial score (nSPS) is 14.6. The molecule has 97 heavy (non-hydrogen) atoms. The number of hydrogen-bond donors (Lipinski definition) is 3. The molecule has 0 amide bonds. The first kappa shape index (κ1) is 95.1. The number of unbranched alkanes of at least 4 members (excludes halogenated alkanes) is 42. The second-order valence-corrected chi connectivity index (χ2v) is 32.0. The maximum Gasteiger partial charge on any atom is 0.472 e. The highest BCUT2D eigenvalue weighted by atomic mass is 31.2. The van der Waals surface area contributed by atoms with E-state index in [1.807, 2.05) is 0 Å². The minimum Gasteiger partial charge on any atom is -0.462 e. The highest BCUT2D eigenvalue weighted by molar-refractivity contribution is 7.47. The van der Waals surface area contributed by atoms with Crippen LogP contribution in [0.4, 0.5) is 0 Å². The standard InChI is InChI=1S/C78H152O17P2/c1-8-11-12-13-14-15-16-17-18-19-20-21-24-28-31-34-37-47-54-61-77(82)94-73(65-88-75(80)59-52-45-36-33-30-27-25-22-23-26-29-32-35-42-49-56-69(4)5)67-92-96(84,85)90-63-72(79)64-91-97(86,87)93-68-74(95-78(83)62-55-48-41-39-44-51-58-71(7)10-3)66-89-76(81)60-53-46-40-38-43-50-57-70(6)9-2/h69-74,79H,8-68H2,1-7H3,(H,84,85)(H,86,87)/t70?,71?,72-,73-,74-/m1/s1. The first-order valence-corrected chi connectivity index (χ1v) is 43.4. The van der Waals surface area contributed by atoms with Crippen LogP contribution in [-0.2, 0) is 65.4 Å². The predicted octanol–water partition coefficient (Wildman–Crippen LogP) is 23.0.